The van der Waals surface area contributed by atoms with Crippen molar-refractivity contribution in [2.75, 3.05) is 44.6 Å². The SMILES string of the molecule is COc1cc(-c2[nH]nc(-c3ncc(C4CCN(CCSC)CC4)s3)c2C(C)C)cn(N)c1=N. The number of thioether (sulfide) groups is 1. The molecule has 3 aromatic heterocycles. The van der Waals surface area contributed by atoms with Gasteiger partial charge in [-0.25, -0.2) is 9.66 Å². The van der Waals surface area contributed by atoms with Gasteiger partial charge in [-0.3, -0.25) is 10.5 Å². The molecule has 8 nitrogen and oxygen atoms in total. The molecule has 1 saturated heterocycles. The molecule has 178 valence electrons. The molecule has 1 aliphatic heterocycles. The fourth-order valence-electron chi connectivity index (χ4n) is 4.42. The maximum absolute atomic E-state index is 8.05. The number of nitrogens with two attached hydrogens (primary N) is 1. The summed E-state index contributed by atoms with van der Waals surface area (Å²) in [6, 6.07) is 1.83. The van der Waals surface area contributed by atoms with E-state index in [0.717, 1.165) is 40.6 Å². The van der Waals surface area contributed by atoms with Gasteiger partial charge < -0.3 is 15.5 Å². The maximum Gasteiger partial charge on any atom is 0.186 e. The number of likely N-dealkylation sites (tertiary alicyclic amines) is 1. The van der Waals surface area contributed by atoms with Crippen molar-refractivity contribution >= 4 is 23.1 Å². The molecule has 4 heterocycles. The van der Waals surface area contributed by atoms with Crippen molar-refractivity contribution in [1.29, 1.82) is 5.41 Å². The second kappa shape index (κ2) is 10.3. The van der Waals surface area contributed by atoms with Gasteiger partial charge in [-0.1, -0.05) is 13.8 Å². The van der Waals surface area contributed by atoms with Crippen LogP contribution >= 0.6 is 23.1 Å². The fourth-order valence-corrected chi connectivity index (χ4v) is 5.95. The summed E-state index contributed by atoms with van der Waals surface area (Å²) in [5.41, 5.74) is 3.84. The number of nitrogens with zero attached hydrogens (tertiary/aromatic N) is 4. The van der Waals surface area contributed by atoms with Gasteiger partial charge in [0, 0.05) is 40.7 Å². The van der Waals surface area contributed by atoms with Crippen LogP contribution in [0.4, 0.5) is 0 Å². The number of aromatic amines is 1. The Kier molecular flexibility index (Phi) is 7.45. The minimum Gasteiger partial charge on any atom is -0.493 e. The van der Waals surface area contributed by atoms with Crippen LogP contribution in [0.1, 0.15) is 49.0 Å². The molecule has 0 spiro atoms. The highest BCUT2D eigenvalue weighted by Crippen LogP contribution is 2.40. The highest BCUT2D eigenvalue weighted by molar-refractivity contribution is 7.98. The zero-order valence-corrected chi connectivity index (χ0v) is 21.4. The number of ether oxygens (including phenoxy) is 1. The predicted molar refractivity (Wildman–Crippen MR) is 137 cm³/mol. The molecule has 0 aromatic carbocycles. The van der Waals surface area contributed by atoms with Gasteiger partial charge in [0.25, 0.3) is 0 Å². The van der Waals surface area contributed by atoms with Crippen LogP contribution in [0, 0.1) is 5.41 Å². The Balaban J connectivity index is 1.60. The number of methoxy groups -OCH3 is 1. The van der Waals surface area contributed by atoms with E-state index < -0.39 is 0 Å². The van der Waals surface area contributed by atoms with Gasteiger partial charge in [-0.15, -0.1) is 11.3 Å². The van der Waals surface area contributed by atoms with Gasteiger partial charge in [0.2, 0.25) is 0 Å². The Hall–Kier alpha value is -2.30. The number of hydrogen-bond donors (Lipinski definition) is 3. The summed E-state index contributed by atoms with van der Waals surface area (Å²) in [5.74, 6) is 8.43. The summed E-state index contributed by atoms with van der Waals surface area (Å²) in [7, 11) is 1.54. The van der Waals surface area contributed by atoms with Crippen LogP contribution in [-0.4, -0.2) is 63.5 Å². The summed E-state index contributed by atoms with van der Waals surface area (Å²) in [4.78, 5) is 8.71. The first kappa shape index (κ1) is 23.8. The van der Waals surface area contributed by atoms with Gasteiger partial charge in [0.15, 0.2) is 11.2 Å². The molecular weight excluding hydrogens is 454 g/mol. The number of nitrogens with one attached hydrogen (secondary N) is 2. The van der Waals surface area contributed by atoms with Crippen molar-refractivity contribution in [3.8, 4) is 27.7 Å². The lowest BCUT2D eigenvalue weighted by atomic mass is 9.96. The first-order valence-electron chi connectivity index (χ1n) is 11.3. The van der Waals surface area contributed by atoms with Crippen LogP contribution in [-0.2, 0) is 0 Å². The van der Waals surface area contributed by atoms with E-state index in [1.807, 2.05) is 24.0 Å². The number of pyridine rings is 1. The van der Waals surface area contributed by atoms with E-state index in [-0.39, 0.29) is 11.4 Å². The van der Waals surface area contributed by atoms with Gasteiger partial charge in [-0.05, 0) is 50.1 Å². The number of piperidine rings is 1. The second-order valence-corrected chi connectivity index (χ2v) is 10.8. The van der Waals surface area contributed by atoms with Gasteiger partial charge >= 0.3 is 0 Å². The monoisotopic (exact) mass is 487 g/mol. The first-order chi connectivity index (χ1) is 15.9. The summed E-state index contributed by atoms with van der Waals surface area (Å²) < 4.78 is 6.61. The molecule has 0 amide bonds. The predicted octanol–water partition coefficient (Wildman–Crippen LogP) is 3.87. The first-order valence-corrected chi connectivity index (χ1v) is 13.5. The summed E-state index contributed by atoms with van der Waals surface area (Å²) >= 11 is 3.68. The van der Waals surface area contributed by atoms with E-state index in [1.54, 1.807) is 24.6 Å². The third-order valence-electron chi connectivity index (χ3n) is 6.27. The molecule has 10 heteroatoms. The van der Waals surface area contributed by atoms with Gasteiger partial charge in [-0.2, -0.15) is 16.9 Å². The van der Waals surface area contributed by atoms with Crippen molar-refractivity contribution < 1.29 is 4.74 Å². The van der Waals surface area contributed by atoms with E-state index >= 15 is 0 Å². The number of nitrogen functional groups attached to an aromatic ring is 1. The molecule has 0 atom stereocenters. The number of H-pyrrole nitrogens is 1. The van der Waals surface area contributed by atoms with E-state index in [2.05, 4.69) is 35.2 Å². The molecule has 0 bridgehead atoms. The van der Waals surface area contributed by atoms with E-state index in [4.69, 9.17) is 21.0 Å². The van der Waals surface area contributed by atoms with E-state index in [1.165, 1.54) is 34.7 Å². The summed E-state index contributed by atoms with van der Waals surface area (Å²) in [5, 5.41) is 16.9. The summed E-state index contributed by atoms with van der Waals surface area (Å²) in [6.07, 6.45) is 8.33. The lowest BCUT2D eigenvalue weighted by molar-refractivity contribution is 0.225. The third kappa shape index (κ3) is 4.97. The molecule has 4 N–H and O–H groups in total. The molecule has 3 aromatic rings. The minimum atomic E-state index is 0.121. The van der Waals surface area contributed by atoms with Crippen molar-refractivity contribution in [2.24, 2.45) is 0 Å². The lowest BCUT2D eigenvalue weighted by Crippen LogP contribution is -2.34. The third-order valence-corrected chi connectivity index (χ3v) is 8.03. The lowest BCUT2D eigenvalue weighted by Gasteiger charge is -2.31. The zero-order chi connectivity index (χ0) is 23.5. The van der Waals surface area contributed by atoms with Gasteiger partial charge in [0.05, 0.1) is 12.8 Å². The molecule has 4 rings (SSSR count). The highest BCUT2D eigenvalue weighted by Gasteiger charge is 2.25. The largest absolute Gasteiger partial charge is 0.493 e. The smallest absolute Gasteiger partial charge is 0.186 e. The molecule has 0 radical (unpaired) electrons. The average molecular weight is 488 g/mol. The number of thiazole rings is 1. The maximum atomic E-state index is 8.05. The Morgan fingerprint density at radius 1 is 1.36 bits per heavy atom. The minimum absolute atomic E-state index is 0.121. The molecule has 0 saturated carbocycles. The van der Waals surface area contributed by atoms with E-state index in [0.29, 0.717) is 11.7 Å². The zero-order valence-electron chi connectivity index (χ0n) is 19.7. The second-order valence-electron chi connectivity index (χ2n) is 8.75. The van der Waals surface area contributed by atoms with Crippen molar-refractivity contribution in [3.05, 3.63) is 34.4 Å². The number of aromatic nitrogens is 4. The van der Waals surface area contributed by atoms with Crippen LogP contribution < -0.4 is 16.1 Å². The quantitative estimate of drug-likeness (QED) is 0.416. The Labute approximate surface area is 203 Å². The Bertz CT molecular complexity index is 1140. The van der Waals surface area contributed by atoms with Crippen LogP contribution in [0.25, 0.3) is 22.0 Å². The molecule has 0 aliphatic carbocycles. The van der Waals surface area contributed by atoms with Gasteiger partial charge in [0.1, 0.15) is 10.7 Å². The van der Waals surface area contributed by atoms with Crippen LogP contribution in [0.5, 0.6) is 5.75 Å². The number of hydrogen-bond acceptors (Lipinski definition) is 8. The standard InChI is InChI=1S/C23H33N7OS2/c1-14(2)19-20(16-11-17(31-3)22(24)30(25)13-16)27-28-21(19)23-26-12-18(33-23)15-5-7-29(8-6-15)9-10-32-4/h11-15,24H,5-10,25H2,1-4H3,(H,27,28). The molecule has 33 heavy (non-hydrogen) atoms. The van der Waals surface area contributed by atoms with Crippen LogP contribution in [0.3, 0.4) is 0 Å². The molecular formula is C23H33N7OS2. The Morgan fingerprint density at radius 2 is 2.12 bits per heavy atom. The normalized spacial score (nSPS) is 15.4. The average Bonchev–Trinajstić information content (AvgIpc) is 3.47. The van der Waals surface area contributed by atoms with Crippen LogP contribution in [0.2, 0.25) is 0 Å². The molecule has 0 unspecified atom stereocenters. The topological polar surface area (TPSA) is 109 Å². The van der Waals surface area contributed by atoms with Crippen molar-refractivity contribution in [1.82, 2.24) is 24.8 Å². The fraction of sp³-hybridized carbons (Fsp3) is 0.522. The summed E-state index contributed by atoms with van der Waals surface area (Å²) in [6.45, 7) is 7.82. The van der Waals surface area contributed by atoms with Crippen LogP contribution in [0.15, 0.2) is 18.5 Å². The molecule has 1 aliphatic rings. The van der Waals surface area contributed by atoms with Crippen molar-refractivity contribution in [2.45, 2.75) is 38.5 Å². The van der Waals surface area contributed by atoms with E-state index in [9.17, 15) is 0 Å². The Morgan fingerprint density at radius 3 is 2.79 bits per heavy atom. The van der Waals surface area contributed by atoms with Crippen molar-refractivity contribution in [3.63, 3.8) is 0 Å². The number of rotatable bonds is 8. The highest BCUT2D eigenvalue weighted by atomic mass is 32.2. The molecule has 1 fully saturated rings.